The van der Waals surface area contributed by atoms with E-state index in [0.717, 1.165) is 41.3 Å². The summed E-state index contributed by atoms with van der Waals surface area (Å²) in [6, 6.07) is 10.8. The Kier molecular flexibility index (Phi) is 5.11. The number of carbonyl (C=O) groups is 1. The van der Waals surface area contributed by atoms with Gasteiger partial charge in [0.15, 0.2) is 11.4 Å². The molecule has 2 atom stereocenters. The summed E-state index contributed by atoms with van der Waals surface area (Å²) < 4.78 is 48.4. The predicted octanol–water partition coefficient (Wildman–Crippen LogP) is 6.13. The molecule has 10 heteroatoms. The Hall–Kier alpha value is -4.05. The number of halogens is 3. The van der Waals surface area contributed by atoms with Crippen LogP contribution in [0.2, 0.25) is 0 Å². The number of aromatic nitrogens is 1. The summed E-state index contributed by atoms with van der Waals surface area (Å²) in [6.07, 6.45) is 3.49. The number of thiophene rings is 1. The monoisotopic (exact) mass is 575 g/mol. The molecule has 4 aliphatic rings. The van der Waals surface area contributed by atoms with Crippen molar-refractivity contribution in [2.24, 2.45) is 0 Å². The third-order valence-corrected chi connectivity index (χ3v) is 10.00. The molecule has 208 valence electrons. The minimum atomic E-state index is -3.41. The molecule has 1 amide bonds. The number of aromatic hydroxyl groups is 1. The van der Waals surface area contributed by atoms with Crippen LogP contribution in [0.5, 0.6) is 5.75 Å². The Labute approximate surface area is 236 Å². The normalized spacial score (nSPS) is 21.8. The Balaban J connectivity index is 1.50. The minimum absolute atomic E-state index is 0.158. The van der Waals surface area contributed by atoms with Crippen LogP contribution in [-0.2, 0) is 12.3 Å². The number of alkyl halides is 2. The standard InChI is InChI=1S/C31H24F3N3O3S/c32-20-10-9-19-24-23-16(14-31(33,34)25(20)24)15-41-29(23)18-7-4-3-6-17(18)26(19)37-22-8-2-1-5-12-35(22)30(40)27-28(39)21(38)11-13-36(27)37/h3-4,6-7,9-11,13,15,22,26,39H,1-2,5,8,12,14H2/t22-,26-/m1/s1. The van der Waals surface area contributed by atoms with Gasteiger partial charge in [-0.05, 0) is 53.0 Å². The second kappa shape index (κ2) is 8.48. The molecule has 0 bridgehead atoms. The van der Waals surface area contributed by atoms with Crippen LogP contribution in [0, 0.1) is 5.82 Å². The third kappa shape index (κ3) is 3.25. The quantitative estimate of drug-likeness (QED) is 0.297. The zero-order valence-electron chi connectivity index (χ0n) is 21.7. The molecule has 0 radical (unpaired) electrons. The van der Waals surface area contributed by atoms with Crippen molar-refractivity contribution in [3.8, 4) is 27.3 Å². The topological polar surface area (TPSA) is 65.8 Å². The molecule has 1 fully saturated rings. The second-order valence-corrected chi connectivity index (χ2v) is 12.0. The number of rotatable bonds is 1. The van der Waals surface area contributed by atoms with Crippen LogP contribution in [0.3, 0.4) is 0 Å². The Morgan fingerprint density at radius 3 is 2.66 bits per heavy atom. The lowest BCUT2D eigenvalue weighted by atomic mass is 9.80. The van der Waals surface area contributed by atoms with Gasteiger partial charge in [0.25, 0.3) is 11.8 Å². The van der Waals surface area contributed by atoms with Crippen molar-refractivity contribution >= 4 is 17.2 Å². The molecule has 8 rings (SSSR count). The van der Waals surface area contributed by atoms with Crippen LogP contribution < -0.4 is 10.4 Å². The second-order valence-electron chi connectivity index (χ2n) is 11.2. The Bertz CT molecular complexity index is 1850. The van der Waals surface area contributed by atoms with Crippen molar-refractivity contribution in [3.05, 3.63) is 98.0 Å². The van der Waals surface area contributed by atoms with E-state index in [1.807, 2.05) is 29.3 Å². The molecule has 2 aliphatic carbocycles. The SMILES string of the molecule is O=C1c2c(O)c(=O)ccn2N([C@@H]2c3ccccc3-c3scc4c3-c3c2ccc(F)c3C(F)(F)C4)[C@@H]2CCCCCN12. The summed E-state index contributed by atoms with van der Waals surface area (Å²) in [5, 5.41) is 14.6. The van der Waals surface area contributed by atoms with Crippen LogP contribution in [0.25, 0.3) is 21.6 Å². The molecule has 1 saturated heterocycles. The molecule has 4 heterocycles. The first kappa shape index (κ1) is 24.7. The first-order valence-corrected chi connectivity index (χ1v) is 14.6. The number of fused-ring (bicyclic) bond motifs is 4. The number of benzene rings is 2. The van der Waals surface area contributed by atoms with Gasteiger partial charge in [0.2, 0.25) is 5.43 Å². The number of nitrogens with zero attached hydrogens (tertiary/aromatic N) is 3. The highest BCUT2D eigenvalue weighted by Crippen LogP contribution is 2.58. The lowest BCUT2D eigenvalue weighted by Crippen LogP contribution is -2.62. The molecule has 6 nitrogen and oxygen atoms in total. The van der Waals surface area contributed by atoms with Gasteiger partial charge in [-0.2, -0.15) is 0 Å². The molecule has 2 aromatic heterocycles. The molecular formula is C31H24F3N3O3S. The van der Waals surface area contributed by atoms with E-state index in [9.17, 15) is 14.7 Å². The summed E-state index contributed by atoms with van der Waals surface area (Å²) in [6.45, 7) is 0.425. The highest BCUT2D eigenvalue weighted by atomic mass is 32.1. The van der Waals surface area contributed by atoms with Crippen molar-refractivity contribution in [1.82, 2.24) is 9.58 Å². The fourth-order valence-electron chi connectivity index (χ4n) is 7.25. The van der Waals surface area contributed by atoms with Gasteiger partial charge in [0.1, 0.15) is 12.0 Å². The maximum atomic E-state index is 15.7. The van der Waals surface area contributed by atoms with E-state index in [4.69, 9.17) is 0 Å². The molecule has 2 aromatic carbocycles. The lowest BCUT2D eigenvalue weighted by Gasteiger charge is -2.50. The third-order valence-electron chi connectivity index (χ3n) is 8.93. The van der Waals surface area contributed by atoms with Crippen molar-refractivity contribution in [1.29, 1.82) is 0 Å². The molecule has 1 N–H and O–H groups in total. The molecule has 0 saturated carbocycles. The van der Waals surface area contributed by atoms with Crippen molar-refractivity contribution in [2.75, 3.05) is 11.6 Å². The van der Waals surface area contributed by atoms with Crippen molar-refractivity contribution in [2.45, 2.75) is 50.2 Å². The van der Waals surface area contributed by atoms with Crippen molar-refractivity contribution < 1.29 is 23.1 Å². The predicted molar refractivity (Wildman–Crippen MR) is 148 cm³/mol. The zero-order chi connectivity index (χ0) is 28.2. The van der Waals surface area contributed by atoms with E-state index >= 15 is 13.2 Å². The minimum Gasteiger partial charge on any atom is -0.502 e. The number of carbonyl (C=O) groups excluding carboxylic acids is 1. The van der Waals surface area contributed by atoms with Gasteiger partial charge in [-0.25, -0.2) is 13.2 Å². The Morgan fingerprint density at radius 2 is 1.80 bits per heavy atom. The zero-order valence-corrected chi connectivity index (χ0v) is 22.6. The average molecular weight is 576 g/mol. The molecule has 41 heavy (non-hydrogen) atoms. The number of pyridine rings is 1. The van der Waals surface area contributed by atoms with Gasteiger partial charge >= 0.3 is 0 Å². The smallest absolute Gasteiger partial charge is 0.280 e. The fourth-order valence-corrected chi connectivity index (χ4v) is 8.38. The van der Waals surface area contributed by atoms with E-state index in [2.05, 4.69) is 0 Å². The van der Waals surface area contributed by atoms with Crippen LogP contribution in [-0.4, -0.2) is 33.3 Å². The van der Waals surface area contributed by atoms with Gasteiger partial charge in [-0.3, -0.25) is 19.3 Å². The van der Waals surface area contributed by atoms with Crippen LogP contribution in [0.4, 0.5) is 13.2 Å². The largest absolute Gasteiger partial charge is 0.502 e. The molecule has 4 aromatic rings. The molecule has 2 aliphatic heterocycles. The summed E-state index contributed by atoms with van der Waals surface area (Å²) in [5.74, 6) is -5.46. The summed E-state index contributed by atoms with van der Waals surface area (Å²) >= 11 is 1.37. The van der Waals surface area contributed by atoms with Gasteiger partial charge in [-0.15, -0.1) is 11.3 Å². The van der Waals surface area contributed by atoms with E-state index in [0.29, 0.717) is 29.7 Å². The van der Waals surface area contributed by atoms with Gasteiger partial charge < -0.3 is 10.0 Å². The van der Waals surface area contributed by atoms with Crippen molar-refractivity contribution in [3.63, 3.8) is 0 Å². The first-order valence-electron chi connectivity index (χ1n) is 13.7. The fraction of sp³-hybridized carbons (Fsp3) is 0.290. The lowest BCUT2D eigenvalue weighted by molar-refractivity contribution is -0.00824. The van der Waals surface area contributed by atoms with E-state index in [1.54, 1.807) is 16.3 Å². The van der Waals surface area contributed by atoms with Crippen LogP contribution in [0.1, 0.15) is 64.5 Å². The summed E-state index contributed by atoms with van der Waals surface area (Å²) in [5.41, 5.74) is 2.02. The summed E-state index contributed by atoms with van der Waals surface area (Å²) in [4.78, 5) is 28.8. The van der Waals surface area contributed by atoms with Gasteiger partial charge in [0, 0.05) is 41.2 Å². The Morgan fingerprint density at radius 1 is 0.976 bits per heavy atom. The number of amides is 1. The maximum absolute atomic E-state index is 15.7. The number of hydrogen-bond acceptors (Lipinski definition) is 5. The molecular weight excluding hydrogens is 551 g/mol. The van der Waals surface area contributed by atoms with Gasteiger partial charge in [0.05, 0.1) is 11.6 Å². The van der Waals surface area contributed by atoms with Gasteiger partial charge in [-0.1, -0.05) is 36.8 Å². The summed E-state index contributed by atoms with van der Waals surface area (Å²) in [7, 11) is 0. The van der Waals surface area contributed by atoms with E-state index < -0.39 is 53.0 Å². The van der Waals surface area contributed by atoms with E-state index in [-0.39, 0.29) is 11.3 Å². The maximum Gasteiger partial charge on any atom is 0.280 e. The van der Waals surface area contributed by atoms with Crippen LogP contribution in [0.15, 0.2) is 58.8 Å². The highest BCUT2D eigenvalue weighted by Gasteiger charge is 2.50. The molecule has 0 spiro atoms. The average Bonchev–Trinajstić information content (AvgIpc) is 3.13. The first-order chi connectivity index (χ1) is 19.8. The van der Waals surface area contributed by atoms with Crippen LogP contribution >= 0.6 is 11.3 Å². The number of hydrogen-bond donors (Lipinski definition) is 1. The molecule has 0 unspecified atom stereocenters. The van der Waals surface area contributed by atoms with E-state index in [1.165, 1.54) is 28.3 Å². The highest BCUT2D eigenvalue weighted by molar-refractivity contribution is 7.14.